The number of ether oxygens (including phenoxy) is 1. The number of halogens is 1. The van der Waals surface area contributed by atoms with E-state index in [0.717, 1.165) is 9.13 Å². The topological polar surface area (TPSA) is 61.0 Å². The summed E-state index contributed by atoms with van der Waals surface area (Å²) in [6.45, 7) is 3.77. The van der Waals surface area contributed by atoms with Crippen LogP contribution in [0.2, 0.25) is 0 Å². The average Bonchev–Trinajstić information content (AvgIpc) is 2.79. The molecule has 0 radical (unpaired) electrons. The summed E-state index contributed by atoms with van der Waals surface area (Å²) < 4.78 is 11.5. The van der Waals surface area contributed by atoms with Crippen molar-refractivity contribution in [3.05, 3.63) is 27.9 Å². The monoisotopic (exact) mass is 345 g/mol. The summed E-state index contributed by atoms with van der Waals surface area (Å²) in [6.07, 6.45) is 3.46. The van der Waals surface area contributed by atoms with Crippen LogP contribution in [0.5, 0.6) is 0 Å². The lowest BCUT2D eigenvalue weighted by Gasteiger charge is -2.17. The molecule has 0 aliphatic heterocycles. The Morgan fingerprint density at radius 3 is 2.76 bits per heavy atom. The SMILES string of the molecule is COC(C)(C)c1noc(-c2cncc(I)c2)n1. The van der Waals surface area contributed by atoms with Crippen LogP contribution in [0.3, 0.4) is 0 Å². The Hall–Kier alpha value is -1.02. The third-order valence-electron chi connectivity index (χ3n) is 2.43. The number of aromatic nitrogens is 3. The highest BCUT2D eigenvalue weighted by atomic mass is 127. The first-order valence-electron chi connectivity index (χ1n) is 5.03. The van der Waals surface area contributed by atoms with Crippen LogP contribution < -0.4 is 0 Å². The van der Waals surface area contributed by atoms with Gasteiger partial charge in [-0.3, -0.25) is 4.98 Å². The Morgan fingerprint density at radius 1 is 1.35 bits per heavy atom. The molecule has 0 aliphatic carbocycles. The molecule has 0 aliphatic rings. The van der Waals surface area contributed by atoms with Crippen molar-refractivity contribution >= 4 is 22.6 Å². The van der Waals surface area contributed by atoms with E-state index in [2.05, 4.69) is 37.7 Å². The van der Waals surface area contributed by atoms with Gasteiger partial charge in [-0.25, -0.2) is 0 Å². The Labute approximate surface area is 113 Å². The van der Waals surface area contributed by atoms with Gasteiger partial charge >= 0.3 is 0 Å². The molecule has 0 unspecified atom stereocenters. The minimum Gasteiger partial charge on any atom is -0.371 e. The molecule has 0 bridgehead atoms. The zero-order valence-electron chi connectivity index (χ0n) is 9.77. The van der Waals surface area contributed by atoms with Gasteiger partial charge in [0.1, 0.15) is 5.60 Å². The van der Waals surface area contributed by atoms with Gasteiger partial charge < -0.3 is 9.26 Å². The molecule has 90 valence electrons. The normalized spacial score (nSPS) is 11.8. The Balaban J connectivity index is 2.36. The number of pyridine rings is 1. The summed E-state index contributed by atoms with van der Waals surface area (Å²) in [5.74, 6) is 0.977. The lowest BCUT2D eigenvalue weighted by Crippen LogP contribution is -2.21. The van der Waals surface area contributed by atoms with E-state index in [4.69, 9.17) is 9.26 Å². The Bertz CT molecular complexity index is 525. The maximum Gasteiger partial charge on any atom is 0.259 e. The van der Waals surface area contributed by atoms with Crippen molar-refractivity contribution in [2.24, 2.45) is 0 Å². The molecule has 6 heteroatoms. The van der Waals surface area contributed by atoms with Gasteiger partial charge in [0.2, 0.25) is 5.82 Å². The molecular formula is C11H12IN3O2. The van der Waals surface area contributed by atoms with Gasteiger partial charge in [0.15, 0.2) is 0 Å². The molecule has 0 spiro atoms. The van der Waals surface area contributed by atoms with E-state index in [1.54, 1.807) is 19.5 Å². The molecule has 0 amide bonds. The fourth-order valence-electron chi connectivity index (χ4n) is 1.21. The van der Waals surface area contributed by atoms with E-state index in [0.29, 0.717) is 11.7 Å². The lowest BCUT2D eigenvalue weighted by molar-refractivity contribution is 0.00973. The molecule has 0 N–H and O–H groups in total. The second-order valence-corrected chi connectivity index (χ2v) is 5.28. The van der Waals surface area contributed by atoms with Crippen molar-refractivity contribution in [2.75, 3.05) is 7.11 Å². The van der Waals surface area contributed by atoms with Gasteiger partial charge in [-0.1, -0.05) is 5.16 Å². The van der Waals surface area contributed by atoms with Gasteiger partial charge in [-0.05, 0) is 42.5 Å². The third-order valence-corrected chi connectivity index (χ3v) is 3.02. The van der Waals surface area contributed by atoms with Crippen LogP contribution in [0.25, 0.3) is 11.5 Å². The quantitative estimate of drug-likeness (QED) is 0.801. The van der Waals surface area contributed by atoms with Crippen molar-refractivity contribution in [3.8, 4) is 11.5 Å². The smallest absolute Gasteiger partial charge is 0.259 e. The van der Waals surface area contributed by atoms with Gasteiger partial charge in [-0.15, -0.1) is 0 Å². The number of methoxy groups -OCH3 is 1. The summed E-state index contributed by atoms with van der Waals surface area (Å²) in [6, 6.07) is 1.94. The zero-order valence-corrected chi connectivity index (χ0v) is 11.9. The van der Waals surface area contributed by atoms with Crippen molar-refractivity contribution in [2.45, 2.75) is 19.4 Å². The lowest BCUT2D eigenvalue weighted by atomic mass is 10.1. The molecule has 2 heterocycles. The van der Waals surface area contributed by atoms with Crippen LogP contribution in [-0.4, -0.2) is 22.2 Å². The third kappa shape index (κ3) is 2.63. The van der Waals surface area contributed by atoms with Gasteiger partial charge in [0.25, 0.3) is 5.89 Å². The van der Waals surface area contributed by atoms with Gasteiger partial charge in [0.05, 0.1) is 5.56 Å². The maximum atomic E-state index is 5.29. The van der Waals surface area contributed by atoms with E-state index in [1.807, 2.05) is 19.9 Å². The molecule has 0 atom stereocenters. The minimum absolute atomic E-state index is 0.455. The van der Waals surface area contributed by atoms with Crippen LogP contribution in [0.15, 0.2) is 23.0 Å². The van der Waals surface area contributed by atoms with Crippen molar-refractivity contribution in [3.63, 3.8) is 0 Å². The summed E-state index contributed by atoms with van der Waals surface area (Å²) in [5, 5.41) is 3.92. The van der Waals surface area contributed by atoms with Crippen LogP contribution in [-0.2, 0) is 10.3 Å². The highest BCUT2D eigenvalue weighted by molar-refractivity contribution is 14.1. The molecule has 0 saturated carbocycles. The molecular weight excluding hydrogens is 333 g/mol. The van der Waals surface area contributed by atoms with E-state index < -0.39 is 5.60 Å². The first kappa shape index (κ1) is 12.4. The fraction of sp³-hybridized carbons (Fsp3) is 0.364. The highest BCUT2D eigenvalue weighted by Crippen LogP contribution is 2.24. The molecule has 2 aromatic heterocycles. The van der Waals surface area contributed by atoms with Gasteiger partial charge in [-0.2, -0.15) is 4.98 Å². The summed E-state index contributed by atoms with van der Waals surface area (Å²) in [4.78, 5) is 8.40. The summed E-state index contributed by atoms with van der Waals surface area (Å²) >= 11 is 2.19. The zero-order chi connectivity index (χ0) is 12.5. The predicted molar refractivity (Wildman–Crippen MR) is 70.3 cm³/mol. The Kier molecular flexibility index (Phi) is 3.43. The number of nitrogens with zero attached hydrogens (tertiary/aromatic N) is 3. The molecule has 17 heavy (non-hydrogen) atoms. The van der Waals surface area contributed by atoms with Crippen LogP contribution in [0, 0.1) is 3.57 Å². The Morgan fingerprint density at radius 2 is 2.12 bits per heavy atom. The number of hydrogen-bond donors (Lipinski definition) is 0. The second kappa shape index (κ2) is 4.69. The van der Waals surface area contributed by atoms with Crippen LogP contribution >= 0.6 is 22.6 Å². The van der Waals surface area contributed by atoms with Crippen LogP contribution in [0.4, 0.5) is 0 Å². The largest absolute Gasteiger partial charge is 0.371 e. The first-order valence-corrected chi connectivity index (χ1v) is 6.11. The molecule has 2 aromatic rings. The van der Waals surface area contributed by atoms with E-state index in [-0.39, 0.29) is 0 Å². The maximum absolute atomic E-state index is 5.29. The van der Waals surface area contributed by atoms with E-state index in [1.165, 1.54) is 0 Å². The molecule has 0 saturated heterocycles. The summed E-state index contributed by atoms with van der Waals surface area (Å²) in [7, 11) is 1.61. The minimum atomic E-state index is -0.558. The molecule has 0 aromatic carbocycles. The first-order chi connectivity index (χ1) is 8.03. The van der Waals surface area contributed by atoms with Crippen molar-refractivity contribution in [1.82, 2.24) is 15.1 Å². The van der Waals surface area contributed by atoms with Crippen LogP contribution in [0.1, 0.15) is 19.7 Å². The highest BCUT2D eigenvalue weighted by Gasteiger charge is 2.26. The van der Waals surface area contributed by atoms with Crippen molar-refractivity contribution < 1.29 is 9.26 Å². The van der Waals surface area contributed by atoms with Crippen molar-refractivity contribution in [1.29, 1.82) is 0 Å². The second-order valence-electron chi connectivity index (χ2n) is 4.03. The molecule has 2 rings (SSSR count). The summed E-state index contributed by atoms with van der Waals surface area (Å²) in [5.41, 5.74) is 0.250. The predicted octanol–water partition coefficient (Wildman–Crippen LogP) is 2.62. The molecule has 0 fully saturated rings. The van der Waals surface area contributed by atoms with Gasteiger partial charge in [0, 0.05) is 23.1 Å². The average molecular weight is 345 g/mol. The number of hydrogen-bond acceptors (Lipinski definition) is 5. The van der Waals surface area contributed by atoms with E-state index in [9.17, 15) is 0 Å². The number of rotatable bonds is 3. The van der Waals surface area contributed by atoms with E-state index >= 15 is 0 Å². The fourth-order valence-corrected chi connectivity index (χ4v) is 1.70. The standard InChI is InChI=1S/C11H12IN3O2/c1-11(2,16-3)10-14-9(17-15-10)7-4-8(12)6-13-5-7/h4-6H,1-3H3. The molecule has 5 nitrogen and oxygen atoms in total.